The van der Waals surface area contributed by atoms with Gasteiger partial charge >= 0.3 is 5.97 Å². The molecule has 0 N–H and O–H groups in total. The summed E-state index contributed by atoms with van der Waals surface area (Å²) >= 11 is 0. The number of rotatable bonds is 8. The van der Waals surface area contributed by atoms with Crippen LogP contribution in [0.25, 0.3) is 0 Å². The van der Waals surface area contributed by atoms with Gasteiger partial charge in [-0.25, -0.2) is 0 Å². The third-order valence-electron chi connectivity index (χ3n) is 3.91. The van der Waals surface area contributed by atoms with Crippen LogP contribution < -0.4 is 14.2 Å². The van der Waals surface area contributed by atoms with E-state index in [1.165, 1.54) is 0 Å². The molecule has 3 aromatic carbocycles. The van der Waals surface area contributed by atoms with Crippen molar-refractivity contribution < 1.29 is 19.0 Å². The highest BCUT2D eigenvalue weighted by Gasteiger charge is 2.11. The lowest BCUT2D eigenvalue weighted by Crippen LogP contribution is -2.07. The quantitative estimate of drug-likeness (QED) is 0.410. The van der Waals surface area contributed by atoms with Gasteiger partial charge in [0.1, 0.15) is 19.0 Å². The van der Waals surface area contributed by atoms with E-state index >= 15 is 0 Å². The van der Waals surface area contributed by atoms with Crippen molar-refractivity contribution in [2.45, 2.75) is 26.6 Å². The topological polar surface area (TPSA) is 44.8 Å². The van der Waals surface area contributed by atoms with Gasteiger partial charge < -0.3 is 14.2 Å². The van der Waals surface area contributed by atoms with Crippen LogP contribution in [0, 0.1) is 0 Å². The van der Waals surface area contributed by atoms with E-state index in [0.717, 1.165) is 11.1 Å². The van der Waals surface area contributed by atoms with Crippen LogP contribution >= 0.6 is 0 Å². The molecule has 27 heavy (non-hydrogen) atoms. The van der Waals surface area contributed by atoms with Crippen molar-refractivity contribution in [3.63, 3.8) is 0 Å². The van der Waals surface area contributed by atoms with Crippen LogP contribution in [0.4, 0.5) is 0 Å². The highest BCUT2D eigenvalue weighted by Crippen LogP contribution is 2.33. The first-order valence-electron chi connectivity index (χ1n) is 8.93. The number of hydrogen-bond donors (Lipinski definition) is 0. The van der Waals surface area contributed by atoms with E-state index in [1.54, 1.807) is 25.1 Å². The SMILES string of the molecule is CCC(=O)Oc1ccc(OCc2ccccc2)cc1OCc1ccccc1. The molecule has 0 aliphatic carbocycles. The molecule has 0 radical (unpaired) electrons. The van der Waals surface area contributed by atoms with Crippen LogP contribution in [0.1, 0.15) is 24.5 Å². The van der Waals surface area contributed by atoms with E-state index in [9.17, 15) is 4.79 Å². The second kappa shape index (κ2) is 9.43. The summed E-state index contributed by atoms with van der Waals surface area (Å²) in [6.07, 6.45) is 0.296. The maximum absolute atomic E-state index is 11.7. The van der Waals surface area contributed by atoms with Gasteiger partial charge in [-0.3, -0.25) is 4.79 Å². The molecule has 0 unspecified atom stereocenters. The largest absolute Gasteiger partial charge is 0.489 e. The van der Waals surface area contributed by atoms with Crippen LogP contribution in [0.5, 0.6) is 17.2 Å². The molecule has 0 saturated carbocycles. The number of hydrogen-bond acceptors (Lipinski definition) is 4. The predicted molar refractivity (Wildman–Crippen MR) is 104 cm³/mol. The Balaban J connectivity index is 1.74. The van der Waals surface area contributed by atoms with Crippen molar-refractivity contribution in [3.05, 3.63) is 90.0 Å². The van der Waals surface area contributed by atoms with Crippen LogP contribution in [-0.2, 0) is 18.0 Å². The molecule has 0 heterocycles. The van der Waals surface area contributed by atoms with E-state index in [2.05, 4.69) is 0 Å². The number of esters is 1. The number of carbonyl (C=O) groups is 1. The highest BCUT2D eigenvalue weighted by atomic mass is 16.6. The van der Waals surface area contributed by atoms with Crippen molar-refractivity contribution in [1.29, 1.82) is 0 Å². The van der Waals surface area contributed by atoms with Crippen molar-refractivity contribution in [3.8, 4) is 17.2 Å². The molecular formula is C23H22O4. The summed E-state index contributed by atoms with van der Waals surface area (Å²) in [6, 6.07) is 25.0. The third kappa shape index (κ3) is 5.61. The molecule has 4 heteroatoms. The molecule has 4 nitrogen and oxygen atoms in total. The van der Waals surface area contributed by atoms with Gasteiger partial charge in [-0.2, -0.15) is 0 Å². The average molecular weight is 362 g/mol. The first-order chi connectivity index (χ1) is 13.2. The molecule has 0 aliphatic heterocycles. The van der Waals surface area contributed by atoms with Gasteiger partial charge in [0.2, 0.25) is 0 Å². The molecule has 138 valence electrons. The lowest BCUT2D eigenvalue weighted by Gasteiger charge is -2.14. The van der Waals surface area contributed by atoms with Gasteiger partial charge in [0.15, 0.2) is 11.5 Å². The van der Waals surface area contributed by atoms with Gasteiger partial charge in [-0.05, 0) is 23.3 Å². The Morgan fingerprint density at radius 2 is 1.33 bits per heavy atom. The fourth-order valence-corrected chi connectivity index (χ4v) is 2.45. The molecule has 0 atom stereocenters. The summed E-state index contributed by atoms with van der Waals surface area (Å²) in [5.41, 5.74) is 2.10. The Hall–Kier alpha value is -3.27. The van der Waals surface area contributed by atoms with E-state index in [0.29, 0.717) is 36.9 Å². The van der Waals surface area contributed by atoms with E-state index in [4.69, 9.17) is 14.2 Å². The summed E-state index contributed by atoms with van der Waals surface area (Å²) < 4.78 is 17.1. The standard InChI is InChI=1S/C23H22O4/c1-2-23(24)27-21-14-13-20(25-16-18-9-5-3-6-10-18)15-22(21)26-17-19-11-7-4-8-12-19/h3-15H,2,16-17H2,1H3. The molecule has 0 saturated heterocycles. The first kappa shape index (κ1) is 18.5. The minimum absolute atomic E-state index is 0.296. The monoisotopic (exact) mass is 362 g/mol. The zero-order chi connectivity index (χ0) is 18.9. The molecule has 0 spiro atoms. The third-order valence-corrected chi connectivity index (χ3v) is 3.91. The van der Waals surface area contributed by atoms with Gasteiger partial charge in [0, 0.05) is 12.5 Å². The molecule has 3 rings (SSSR count). The lowest BCUT2D eigenvalue weighted by atomic mass is 10.2. The Bertz CT molecular complexity index is 860. The van der Waals surface area contributed by atoms with Gasteiger partial charge in [0.25, 0.3) is 0 Å². The highest BCUT2D eigenvalue weighted by molar-refractivity contribution is 5.73. The number of benzene rings is 3. The van der Waals surface area contributed by atoms with Gasteiger partial charge in [0.05, 0.1) is 0 Å². The van der Waals surface area contributed by atoms with E-state index in [1.807, 2.05) is 60.7 Å². The zero-order valence-electron chi connectivity index (χ0n) is 15.3. The summed E-state index contributed by atoms with van der Waals surface area (Å²) in [5, 5.41) is 0. The minimum Gasteiger partial charge on any atom is -0.489 e. The maximum atomic E-state index is 11.7. The van der Waals surface area contributed by atoms with Crippen molar-refractivity contribution >= 4 is 5.97 Å². The molecule has 0 aliphatic rings. The van der Waals surface area contributed by atoms with Crippen molar-refractivity contribution in [2.24, 2.45) is 0 Å². The van der Waals surface area contributed by atoms with Gasteiger partial charge in [-0.15, -0.1) is 0 Å². The molecule has 0 amide bonds. The molecule has 3 aromatic rings. The molecule has 0 bridgehead atoms. The Morgan fingerprint density at radius 1 is 0.741 bits per heavy atom. The fraction of sp³-hybridized carbons (Fsp3) is 0.174. The smallest absolute Gasteiger partial charge is 0.311 e. The average Bonchev–Trinajstić information content (AvgIpc) is 2.73. The Labute approximate surface area is 159 Å². The van der Waals surface area contributed by atoms with Crippen LogP contribution in [0.2, 0.25) is 0 Å². The van der Waals surface area contributed by atoms with Crippen molar-refractivity contribution in [1.82, 2.24) is 0 Å². The fourth-order valence-electron chi connectivity index (χ4n) is 2.45. The lowest BCUT2D eigenvalue weighted by molar-refractivity contribution is -0.134. The van der Waals surface area contributed by atoms with E-state index < -0.39 is 0 Å². The molecule has 0 aromatic heterocycles. The Kier molecular flexibility index (Phi) is 6.47. The van der Waals surface area contributed by atoms with Crippen LogP contribution in [0.3, 0.4) is 0 Å². The minimum atomic E-state index is -0.308. The van der Waals surface area contributed by atoms with Crippen molar-refractivity contribution in [2.75, 3.05) is 0 Å². The number of ether oxygens (including phenoxy) is 3. The summed E-state index contributed by atoms with van der Waals surface area (Å²) in [4.78, 5) is 11.7. The second-order valence-electron chi connectivity index (χ2n) is 5.98. The van der Waals surface area contributed by atoms with E-state index in [-0.39, 0.29) is 5.97 Å². The van der Waals surface area contributed by atoms with Crippen LogP contribution in [-0.4, -0.2) is 5.97 Å². The van der Waals surface area contributed by atoms with Gasteiger partial charge in [-0.1, -0.05) is 67.6 Å². The summed E-state index contributed by atoms with van der Waals surface area (Å²) in [5.74, 6) is 1.21. The summed E-state index contributed by atoms with van der Waals surface area (Å²) in [6.45, 7) is 2.58. The molecular weight excluding hydrogens is 340 g/mol. The molecule has 0 fully saturated rings. The van der Waals surface area contributed by atoms with Crippen LogP contribution in [0.15, 0.2) is 78.9 Å². The Morgan fingerprint density at radius 3 is 1.93 bits per heavy atom. The normalized spacial score (nSPS) is 10.3. The predicted octanol–water partition coefficient (Wildman–Crippen LogP) is 5.16. The second-order valence-corrected chi connectivity index (χ2v) is 5.98. The zero-order valence-corrected chi connectivity index (χ0v) is 15.3. The summed E-state index contributed by atoms with van der Waals surface area (Å²) in [7, 11) is 0. The maximum Gasteiger partial charge on any atom is 0.311 e. The first-order valence-corrected chi connectivity index (χ1v) is 8.93. The number of carbonyl (C=O) groups excluding carboxylic acids is 1.